The van der Waals surface area contributed by atoms with Gasteiger partial charge < -0.3 is 20.1 Å². The number of fused-ring (bicyclic) bond motifs is 2. The van der Waals surface area contributed by atoms with Crippen molar-refractivity contribution in [3.63, 3.8) is 0 Å². The third kappa shape index (κ3) is 4.11. The highest BCUT2D eigenvalue weighted by molar-refractivity contribution is 5.98. The van der Waals surface area contributed by atoms with E-state index in [1.165, 1.54) is 18.5 Å². The van der Waals surface area contributed by atoms with Crippen molar-refractivity contribution in [1.82, 2.24) is 35.0 Å². The number of aromatic amines is 2. The van der Waals surface area contributed by atoms with Crippen LogP contribution >= 0.6 is 0 Å². The highest BCUT2D eigenvalue weighted by atomic mass is 15.2. The Labute approximate surface area is 214 Å². The van der Waals surface area contributed by atoms with Gasteiger partial charge in [-0.2, -0.15) is 5.10 Å². The van der Waals surface area contributed by atoms with Crippen LogP contribution in [0.3, 0.4) is 0 Å². The number of hydrogen-bond acceptors (Lipinski definition) is 7. The number of piperazine rings is 1. The lowest BCUT2D eigenvalue weighted by molar-refractivity contribution is 0.313. The van der Waals surface area contributed by atoms with Crippen LogP contribution in [0.2, 0.25) is 0 Å². The zero-order valence-electron chi connectivity index (χ0n) is 20.8. The molecule has 1 saturated heterocycles. The van der Waals surface area contributed by atoms with Gasteiger partial charge in [-0.3, -0.25) is 10.1 Å². The Morgan fingerprint density at radius 1 is 1.00 bits per heavy atom. The number of nitrogens with zero attached hydrogens (tertiary/aromatic N) is 6. The molecule has 0 atom stereocenters. The summed E-state index contributed by atoms with van der Waals surface area (Å²) in [5.74, 6) is 0.581. The Balaban J connectivity index is 1.24. The van der Waals surface area contributed by atoms with E-state index >= 15 is 0 Å². The van der Waals surface area contributed by atoms with Crippen LogP contribution in [0, 0.1) is 5.92 Å². The maximum Gasteiger partial charge on any atom is 0.181 e. The maximum atomic E-state index is 4.63. The van der Waals surface area contributed by atoms with Gasteiger partial charge in [0.1, 0.15) is 5.65 Å². The smallest absolute Gasteiger partial charge is 0.181 e. The van der Waals surface area contributed by atoms with Crippen molar-refractivity contribution in [2.24, 2.45) is 5.92 Å². The standard InChI is InChI=1S/C28H29N9/c1-17(18-3-4-18)32-21-11-19(14-29-16-21)20-12-23-26(34-35-28(23)31-15-20)24-13-22-25(5-6-30-27(22)33-24)37-9-7-36(2)8-10-37/h5-6,11-16,18,32H,1,3-4,7-10H2,2H3,(H,30,33)(H,31,34,35). The van der Waals surface area contributed by atoms with Crippen LogP contribution < -0.4 is 10.2 Å². The summed E-state index contributed by atoms with van der Waals surface area (Å²) in [5, 5.41) is 13.2. The van der Waals surface area contributed by atoms with Gasteiger partial charge in [0, 0.05) is 78.1 Å². The largest absolute Gasteiger partial charge is 0.368 e. The molecule has 3 N–H and O–H groups in total. The molecule has 2 aliphatic rings. The van der Waals surface area contributed by atoms with Crippen molar-refractivity contribution < 1.29 is 0 Å². The van der Waals surface area contributed by atoms with E-state index in [4.69, 9.17) is 0 Å². The molecule has 5 aromatic heterocycles. The maximum absolute atomic E-state index is 4.63. The van der Waals surface area contributed by atoms with Crippen molar-refractivity contribution in [3.05, 3.63) is 61.3 Å². The van der Waals surface area contributed by atoms with Crippen LogP contribution in [0.5, 0.6) is 0 Å². The van der Waals surface area contributed by atoms with Crippen LogP contribution in [0.1, 0.15) is 12.8 Å². The van der Waals surface area contributed by atoms with Gasteiger partial charge in [-0.05, 0) is 50.1 Å². The minimum Gasteiger partial charge on any atom is -0.368 e. The summed E-state index contributed by atoms with van der Waals surface area (Å²) in [5.41, 5.74) is 8.59. The Morgan fingerprint density at radius 2 is 1.84 bits per heavy atom. The van der Waals surface area contributed by atoms with Gasteiger partial charge in [0.2, 0.25) is 0 Å². The SMILES string of the molecule is C=C(Nc1cncc(-c2cnc3n[nH]c(-c4cc5c(N6CCN(C)CC6)ccnc5[nH]4)c3c2)c1)C1CC1. The Hall–Kier alpha value is -4.24. The lowest BCUT2D eigenvalue weighted by atomic mass is 10.1. The van der Waals surface area contributed by atoms with Crippen LogP contribution in [-0.4, -0.2) is 68.3 Å². The molecule has 186 valence electrons. The normalized spacial score (nSPS) is 16.5. The van der Waals surface area contributed by atoms with E-state index in [0.29, 0.717) is 11.6 Å². The topological polar surface area (TPSA) is 102 Å². The lowest BCUT2D eigenvalue weighted by Crippen LogP contribution is -2.44. The summed E-state index contributed by atoms with van der Waals surface area (Å²) >= 11 is 0. The quantitative estimate of drug-likeness (QED) is 0.318. The summed E-state index contributed by atoms with van der Waals surface area (Å²) in [6.07, 6.45) is 9.85. The first-order valence-electron chi connectivity index (χ1n) is 12.8. The minimum atomic E-state index is 0.581. The second kappa shape index (κ2) is 8.70. The fraction of sp³-hybridized carbons (Fsp3) is 0.286. The van der Waals surface area contributed by atoms with E-state index in [2.05, 4.69) is 83.1 Å². The van der Waals surface area contributed by atoms with Gasteiger partial charge in [-0.25, -0.2) is 9.97 Å². The highest BCUT2D eigenvalue weighted by Gasteiger charge is 2.25. The number of hydrogen-bond donors (Lipinski definition) is 3. The molecule has 0 aromatic carbocycles. The third-order valence-electron chi connectivity index (χ3n) is 7.48. The minimum absolute atomic E-state index is 0.581. The molecule has 9 heteroatoms. The molecular formula is C28H29N9. The molecule has 1 saturated carbocycles. The molecule has 1 aliphatic carbocycles. The highest BCUT2D eigenvalue weighted by Crippen LogP contribution is 2.37. The van der Waals surface area contributed by atoms with Gasteiger partial charge in [0.05, 0.1) is 23.3 Å². The number of allylic oxidation sites excluding steroid dienone is 1. The Kier molecular flexibility index (Phi) is 5.17. The lowest BCUT2D eigenvalue weighted by Gasteiger charge is -2.34. The average Bonchev–Trinajstić information content (AvgIpc) is 3.55. The molecule has 0 radical (unpaired) electrons. The van der Waals surface area contributed by atoms with Crippen molar-refractivity contribution in [1.29, 1.82) is 0 Å². The Bertz CT molecular complexity index is 1620. The molecule has 6 heterocycles. The van der Waals surface area contributed by atoms with Gasteiger partial charge in [-0.1, -0.05) is 6.58 Å². The third-order valence-corrected chi connectivity index (χ3v) is 7.48. The van der Waals surface area contributed by atoms with Gasteiger partial charge in [0.15, 0.2) is 5.65 Å². The van der Waals surface area contributed by atoms with E-state index in [1.807, 2.05) is 24.8 Å². The monoisotopic (exact) mass is 491 g/mol. The first-order valence-corrected chi connectivity index (χ1v) is 12.8. The summed E-state index contributed by atoms with van der Waals surface area (Å²) in [6.45, 7) is 8.30. The molecular weight excluding hydrogens is 462 g/mol. The fourth-order valence-corrected chi connectivity index (χ4v) is 5.12. The molecule has 37 heavy (non-hydrogen) atoms. The molecule has 5 aromatic rings. The number of likely N-dealkylation sites (N-methyl/N-ethyl adjacent to an activating group) is 1. The van der Waals surface area contributed by atoms with Gasteiger partial charge in [-0.15, -0.1) is 0 Å². The first kappa shape index (κ1) is 22.0. The van der Waals surface area contributed by atoms with Crippen LogP contribution in [0.4, 0.5) is 11.4 Å². The van der Waals surface area contributed by atoms with Crippen LogP contribution in [0.15, 0.2) is 61.3 Å². The predicted octanol–water partition coefficient (Wildman–Crippen LogP) is 4.65. The van der Waals surface area contributed by atoms with Crippen molar-refractivity contribution >= 4 is 33.4 Å². The average molecular weight is 492 g/mol. The molecule has 0 spiro atoms. The number of pyridine rings is 3. The van der Waals surface area contributed by atoms with Crippen molar-refractivity contribution in [2.75, 3.05) is 43.4 Å². The van der Waals surface area contributed by atoms with Gasteiger partial charge >= 0.3 is 0 Å². The number of H-pyrrole nitrogens is 2. The van der Waals surface area contributed by atoms with Crippen molar-refractivity contribution in [2.45, 2.75) is 12.8 Å². The second-order valence-corrected chi connectivity index (χ2v) is 10.1. The Morgan fingerprint density at radius 3 is 2.68 bits per heavy atom. The number of rotatable bonds is 6. The van der Waals surface area contributed by atoms with Gasteiger partial charge in [0.25, 0.3) is 0 Å². The number of anilines is 2. The number of aromatic nitrogens is 6. The molecule has 0 amide bonds. The van der Waals surface area contributed by atoms with Crippen LogP contribution in [0.25, 0.3) is 44.6 Å². The van der Waals surface area contributed by atoms with E-state index in [1.54, 1.807) is 0 Å². The summed E-state index contributed by atoms with van der Waals surface area (Å²) in [7, 11) is 2.17. The van der Waals surface area contributed by atoms with Crippen molar-refractivity contribution in [3.8, 4) is 22.5 Å². The van der Waals surface area contributed by atoms with E-state index in [-0.39, 0.29) is 0 Å². The first-order chi connectivity index (χ1) is 18.1. The molecule has 0 unspecified atom stereocenters. The summed E-state index contributed by atoms with van der Waals surface area (Å²) in [6, 6.07) is 8.50. The summed E-state index contributed by atoms with van der Waals surface area (Å²) in [4.78, 5) is 22.0. The molecule has 7 rings (SSSR count). The summed E-state index contributed by atoms with van der Waals surface area (Å²) < 4.78 is 0. The predicted molar refractivity (Wildman–Crippen MR) is 147 cm³/mol. The second-order valence-electron chi connectivity index (χ2n) is 10.1. The van der Waals surface area contributed by atoms with E-state index < -0.39 is 0 Å². The zero-order chi connectivity index (χ0) is 24.9. The molecule has 1 aliphatic heterocycles. The molecule has 2 fully saturated rings. The van der Waals surface area contributed by atoms with E-state index in [0.717, 1.165) is 76.5 Å². The van der Waals surface area contributed by atoms with E-state index in [9.17, 15) is 0 Å². The van der Waals surface area contributed by atoms with Crippen LogP contribution in [-0.2, 0) is 0 Å². The molecule has 9 nitrogen and oxygen atoms in total. The molecule has 0 bridgehead atoms. The number of nitrogens with one attached hydrogen (secondary N) is 3. The fourth-order valence-electron chi connectivity index (χ4n) is 5.12. The zero-order valence-corrected chi connectivity index (χ0v) is 20.8.